The summed E-state index contributed by atoms with van der Waals surface area (Å²) in [4.78, 5) is 19.6. The van der Waals surface area contributed by atoms with Crippen LogP contribution in [0.3, 0.4) is 0 Å². The molecule has 2 aromatic heterocycles. The van der Waals surface area contributed by atoms with Crippen LogP contribution >= 0.6 is 15.9 Å². The molecule has 0 saturated heterocycles. The Morgan fingerprint density at radius 2 is 2.33 bits per heavy atom. The standard InChI is InChI=1S/C11H13BrN4O2/c1-7(11(17)18-2)13-3-8-4-15-10-5-14-9(12)6-16(8)10/h4-7,13H,3H2,1-2H3/t7-/m0/s1. The molecule has 0 fully saturated rings. The molecule has 6 nitrogen and oxygen atoms in total. The smallest absolute Gasteiger partial charge is 0.322 e. The van der Waals surface area contributed by atoms with Gasteiger partial charge >= 0.3 is 5.97 Å². The number of nitrogens with zero attached hydrogens (tertiary/aromatic N) is 3. The Morgan fingerprint density at radius 3 is 3.06 bits per heavy atom. The van der Waals surface area contributed by atoms with Crippen molar-refractivity contribution in [3.05, 3.63) is 28.9 Å². The summed E-state index contributed by atoms with van der Waals surface area (Å²) in [6.07, 6.45) is 5.26. The van der Waals surface area contributed by atoms with Crippen LogP contribution in [0, 0.1) is 0 Å². The topological polar surface area (TPSA) is 68.5 Å². The van der Waals surface area contributed by atoms with E-state index in [1.807, 2.05) is 10.6 Å². The van der Waals surface area contributed by atoms with Crippen LogP contribution in [0.2, 0.25) is 0 Å². The summed E-state index contributed by atoms with van der Waals surface area (Å²) in [7, 11) is 1.37. The van der Waals surface area contributed by atoms with Gasteiger partial charge in [0.25, 0.3) is 0 Å². The Hall–Kier alpha value is -1.47. The van der Waals surface area contributed by atoms with Crippen LogP contribution in [0.4, 0.5) is 0 Å². The number of halogens is 1. The summed E-state index contributed by atoms with van der Waals surface area (Å²) in [5.41, 5.74) is 1.71. The minimum atomic E-state index is -0.356. The van der Waals surface area contributed by atoms with Crippen LogP contribution < -0.4 is 5.32 Å². The molecule has 18 heavy (non-hydrogen) atoms. The van der Waals surface area contributed by atoms with Crippen molar-refractivity contribution in [2.24, 2.45) is 0 Å². The van der Waals surface area contributed by atoms with E-state index >= 15 is 0 Å². The van der Waals surface area contributed by atoms with Crippen LogP contribution in [-0.4, -0.2) is 33.5 Å². The SMILES string of the molecule is COC(=O)[C@H](C)NCc1cnc2cnc(Br)cn12. The molecule has 2 rings (SSSR count). The van der Waals surface area contributed by atoms with Gasteiger partial charge in [-0.2, -0.15) is 0 Å². The number of fused-ring (bicyclic) bond motifs is 1. The average molecular weight is 313 g/mol. The summed E-state index contributed by atoms with van der Waals surface area (Å²) in [6, 6.07) is -0.356. The second-order valence-electron chi connectivity index (χ2n) is 3.81. The molecule has 1 atom stereocenters. The number of carbonyl (C=O) groups excluding carboxylic acids is 1. The first-order valence-electron chi connectivity index (χ1n) is 5.40. The molecule has 2 heterocycles. The number of ether oxygens (including phenoxy) is 1. The van der Waals surface area contributed by atoms with Crippen LogP contribution in [0.15, 0.2) is 23.2 Å². The minimum Gasteiger partial charge on any atom is -0.468 e. The summed E-state index contributed by atoms with van der Waals surface area (Å²) in [5.74, 6) is -0.285. The third-order valence-corrected chi connectivity index (χ3v) is 2.99. The van der Waals surface area contributed by atoms with E-state index in [-0.39, 0.29) is 12.0 Å². The van der Waals surface area contributed by atoms with Crippen molar-refractivity contribution in [2.75, 3.05) is 7.11 Å². The molecule has 0 amide bonds. The number of esters is 1. The number of nitrogens with one attached hydrogen (secondary N) is 1. The molecule has 2 aromatic rings. The van der Waals surface area contributed by atoms with Crippen molar-refractivity contribution >= 4 is 27.5 Å². The van der Waals surface area contributed by atoms with Gasteiger partial charge < -0.3 is 4.74 Å². The van der Waals surface area contributed by atoms with E-state index in [2.05, 4.69) is 36.0 Å². The maximum absolute atomic E-state index is 11.3. The lowest BCUT2D eigenvalue weighted by Gasteiger charge is -2.10. The lowest BCUT2D eigenvalue weighted by molar-refractivity contribution is -0.142. The van der Waals surface area contributed by atoms with Gasteiger partial charge in [-0.05, 0) is 22.9 Å². The fraction of sp³-hybridized carbons (Fsp3) is 0.364. The number of carbonyl (C=O) groups is 1. The second kappa shape index (κ2) is 5.45. The van der Waals surface area contributed by atoms with Gasteiger partial charge in [0.2, 0.25) is 0 Å². The van der Waals surface area contributed by atoms with Crippen LogP contribution in [0.1, 0.15) is 12.6 Å². The van der Waals surface area contributed by atoms with Gasteiger partial charge in [-0.3, -0.25) is 14.5 Å². The molecule has 7 heteroatoms. The molecular weight excluding hydrogens is 300 g/mol. The summed E-state index contributed by atoms with van der Waals surface area (Å²) in [5, 5.41) is 3.08. The average Bonchev–Trinajstić information content (AvgIpc) is 2.77. The molecule has 96 valence electrons. The summed E-state index contributed by atoms with van der Waals surface area (Å²) >= 11 is 3.31. The van der Waals surface area contributed by atoms with E-state index < -0.39 is 0 Å². The molecule has 0 saturated carbocycles. The Balaban J connectivity index is 2.12. The second-order valence-corrected chi connectivity index (χ2v) is 4.63. The van der Waals surface area contributed by atoms with E-state index in [9.17, 15) is 4.79 Å². The molecule has 0 aliphatic carbocycles. The van der Waals surface area contributed by atoms with Crippen molar-refractivity contribution < 1.29 is 9.53 Å². The highest BCUT2D eigenvalue weighted by Gasteiger charge is 2.13. The number of imidazole rings is 1. The van der Waals surface area contributed by atoms with E-state index in [0.29, 0.717) is 6.54 Å². The zero-order chi connectivity index (χ0) is 13.1. The number of methoxy groups -OCH3 is 1. The first-order valence-corrected chi connectivity index (χ1v) is 6.20. The maximum atomic E-state index is 11.3. The van der Waals surface area contributed by atoms with Gasteiger partial charge in [0.1, 0.15) is 10.6 Å². The van der Waals surface area contributed by atoms with Crippen molar-refractivity contribution in [3.8, 4) is 0 Å². The lowest BCUT2D eigenvalue weighted by atomic mass is 10.3. The van der Waals surface area contributed by atoms with E-state index in [0.717, 1.165) is 15.9 Å². The van der Waals surface area contributed by atoms with Crippen LogP contribution in [0.25, 0.3) is 5.65 Å². The normalized spacial score (nSPS) is 12.6. The summed E-state index contributed by atoms with van der Waals surface area (Å²) < 4.78 is 7.29. The Labute approximate surface area is 113 Å². The van der Waals surface area contributed by atoms with Gasteiger partial charge in [0.05, 0.1) is 25.2 Å². The largest absolute Gasteiger partial charge is 0.468 e. The third kappa shape index (κ3) is 2.68. The first-order chi connectivity index (χ1) is 8.61. The Morgan fingerprint density at radius 1 is 1.56 bits per heavy atom. The minimum absolute atomic E-state index is 0.285. The molecule has 0 bridgehead atoms. The molecule has 0 spiro atoms. The molecule has 1 N–H and O–H groups in total. The van der Waals surface area contributed by atoms with E-state index in [1.54, 1.807) is 19.3 Å². The molecule has 0 aliphatic rings. The van der Waals surface area contributed by atoms with Gasteiger partial charge in [-0.15, -0.1) is 0 Å². The van der Waals surface area contributed by atoms with Crippen molar-refractivity contribution in [1.29, 1.82) is 0 Å². The number of rotatable bonds is 4. The van der Waals surface area contributed by atoms with E-state index in [4.69, 9.17) is 0 Å². The van der Waals surface area contributed by atoms with E-state index in [1.165, 1.54) is 7.11 Å². The monoisotopic (exact) mass is 312 g/mol. The Kier molecular flexibility index (Phi) is 3.93. The molecule has 0 radical (unpaired) electrons. The Bertz CT molecular complexity index is 569. The fourth-order valence-electron chi connectivity index (χ4n) is 1.56. The van der Waals surface area contributed by atoms with Gasteiger partial charge in [0, 0.05) is 12.7 Å². The number of hydrogen-bond donors (Lipinski definition) is 1. The highest BCUT2D eigenvalue weighted by molar-refractivity contribution is 9.10. The lowest BCUT2D eigenvalue weighted by Crippen LogP contribution is -2.34. The first kappa shape index (κ1) is 13.0. The zero-order valence-electron chi connectivity index (χ0n) is 10.1. The number of hydrogen-bond acceptors (Lipinski definition) is 5. The van der Waals surface area contributed by atoms with Crippen molar-refractivity contribution in [2.45, 2.75) is 19.5 Å². The van der Waals surface area contributed by atoms with Crippen LogP contribution in [-0.2, 0) is 16.1 Å². The van der Waals surface area contributed by atoms with Gasteiger partial charge in [0.15, 0.2) is 5.65 Å². The highest BCUT2D eigenvalue weighted by Crippen LogP contribution is 2.10. The molecule has 0 unspecified atom stereocenters. The molecular formula is C11H13BrN4O2. The zero-order valence-corrected chi connectivity index (χ0v) is 11.6. The predicted molar refractivity (Wildman–Crippen MR) is 69.0 cm³/mol. The van der Waals surface area contributed by atoms with Crippen molar-refractivity contribution in [3.63, 3.8) is 0 Å². The van der Waals surface area contributed by atoms with Crippen molar-refractivity contribution in [1.82, 2.24) is 19.7 Å². The molecule has 0 aromatic carbocycles. The van der Waals surface area contributed by atoms with Gasteiger partial charge in [-0.25, -0.2) is 9.97 Å². The molecule has 0 aliphatic heterocycles. The fourth-order valence-corrected chi connectivity index (χ4v) is 1.87. The number of aromatic nitrogens is 3. The highest BCUT2D eigenvalue weighted by atomic mass is 79.9. The third-order valence-electron chi connectivity index (χ3n) is 2.59. The van der Waals surface area contributed by atoms with Gasteiger partial charge in [-0.1, -0.05) is 0 Å². The predicted octanol–water partition coefficient (Wildman–Crippen LogP) is 1.14. The van der Waals surface area contributed by atoms with Crippen LogP contribution in [0.5, 0.6) is 0 Å². The quantitative estimate of drug-likeness (QED) is 0.858. The maximum Gasteiger partial charge on any atom is 0.322 e. The summed E-state index contributed by atoms with van der Waals surface area (Å²) in [6.45, 7) is 2.28.